The summed E-state index contributed by atoms with van der Waals surface area (Å²) in [6, 6.07) is 7.92. The van der Waals surface area contributed by atoms with E-state index in [4.69, 9.17) is 4.74 Å². The molecule has 0 aliphatic rings. The quantitative estimate of drug-likeness (QED) is 0.790. The van der Waals surface area contributed by atoms with E-state index >= 15 is 0 Å². The van der Waals surface area contributed by atoms with E-state index in [0.717, 1.165) is 10.9 Å². The number of H-pyrrole nitrogens is 1. The summed E-state index contributed by atoms with van der Waals surface area (Å²) in [5.74, 6) is -0.101. The topological polar surface area (TPSA) is 54.1 Å². The molecule has 0 radical (unpaired) electrons. The second kappa shape index (κ2) is 5.01. The van der Waals surface area contributed by atoms with Crippen molar-refractivity contribution < 1.29 is 9.53 Å². The van der Waals surface area contributed by atoms with Crippen molar-refractivity contribution in [2.75, 3.05) is 20.3 Å². The van der Waals surface area contributed by atoms with Crippen molar-refractivity contribution in [3.8, 4) is 0 Å². The molecule has 2 rings (SSSR count). The molecule has 0 atom stereocenters. The van der Waals surface area contributed by atoms with E-state index < -0.39 is 0 Å². The first-order chi connectivity index (χ1) is 8.20. The van der Waals surface area contributed by atoms with Crippen molar-refractivity contribution >= 4 is 16.8 Å². The zero-order valence-corrected chi connectivity index (χ0v) is 10.0. The van der Waals surface area contributed by atoms with Gasteiger partial charge in [-0.1, -0.05) is 12.1 Å². The maximum atomic E-state index is 11.8. The molecule has 0 saturated carbocycles. The lowest BCUT2D eigenvalue weighted by atomic mass is 10.2. The van der Waals surface area contributed by atoms with Crippen LogP contribution in [0.2, 0.25) is 0 Å². The predicted octanol–water partition coefficient (Wildman–Crippen LogP) is 1.85. The summed E-state index contributed by atoms with van der Waals surface area (Å²) in [6.45, 7) is 3.06. The highest BCUT2D eigenvalue weighted by Crippen LogP contribution is 2.16. The van der Waals surface area contributed by atoms with Gasteiger partial charge in [-0.05, 0) is 24.6 Å². The monoisotopic (exact) mass is 232 g/mol. The van der Waals surface area contributed by atoms with Crippen molar-refractivity contribution in [3.63, 3.8) is 0 Å². The van der Waals surface area contributed by atoms with Crippen LogP contribution in [0.5, 0.6) is 0 Å². The summed E-state index contributed by atoms with van der Waals surface area (Å²) in [7, 11) is 1.61. The number of ether oxygens (including phenoxy) is 1. The molecule has 1 heterocycles. The number of methoxy groups -OCH3 is 1. The molecular weight excluding hydrogens is 216 g/mol. The first-order valence-corrected chi connectivity index (χ1v) is 5.57. The Morgan fingerprint density at radius 3 is 3.00 bits per heavy atom. The van der Waals surface area contributed by atoms with Crippen LogP contribution in [0.15, 0.2) is 24.3 Å². The number of rotatable bonds is 4. The third kappa shape index (κ3) is 2.65. The molecule has 0 unspecified atom stereocenters. The zero-order chi connectivity index (χ0) is 12.3. The van der Waals surface area contributed by atoms with Gasteiger partial charge in [-0.3, -0.25) is 4.79 Å². The lowest BCUT2D eigenvalue weighted by Gasteiger charge is -2.01. The smallest absolute Gasteiger partial charge is 0.267 e. The molecule has 2 N–H and O–H groups in total. The Hall–Kier alpha value is -1.81. The van der Waals surface area contributed by atoms with Crippen LogP contribution >= 0.6 is 0 Å². The fourth-order valence-electron chi connectivity index (χ4n) is 1.73. The number of aryl methyl sites for hydroxylation is 1. The molecule has 1 aromatic heterocycles. The maximum Gasteiger partial charge on any atom is 0.267 e. The number of nitrogens with one attached hydrogen (secondary N) is 2. The number of hydrogen-bond donors (Lipinski definition) is 2. The number of aromatic amines is 1. The number of amides is 1. The number of aromatic nitrogens is 1. The molecule has 0 aliphatic carbocycles. The van der Waals surface area contributed by atoms with E-state index in [1.54, 1.807) is 7.11 Å². The second-order valence-corrected chi connectivity index (χ2v) is 4.02. The summed E-state index contributed by atoms with van der Waals surface area (Å²) in [5, 5.41) is 3.83. The van der Waals surface area contributed by atoms with Gasteiger partial charge in [0.1, 0.15) is 5.69 Å². The Labute approximate surface area is 100.0 Å². The summed E-state index contributed by atoms with van der Waals surface area (Å²) >= 11 is 0. The molecule has 1 amide bonds. The van der Waals surface area contributed by atoms with Gasteiger partial charge in [0.15, 0.2) is 0 Å². The Kier molecular flexibility index (Phi) is 3.44. The van der Waals surface area contributed by atoms with Crippen molar-refractivity contribution in [3.05, 3.63) is 35.5 Å². The number of hydrogen-bond acceptors (Lipinski definition) is 2. The summed E-state index contributed by atoms with van der Waals surface area (Å²) in [6.07, 6.45) is 0. The third-order valence-electron chi connectivity index (χ3n) is 2.61. The van der Waals surface area contributed by atoms with Gasteiger partial charge in [0.2, 0.25) is 0 Å². The minimum absolute atomic E-state index is 0.101. The van der Waals surface area contributed by atoms with Gasteiger partial charge in [0, 0.05) is 24.6 Å². The van der Waals surface area contributed by atoms with Crippen LogP contribution < -0.4 is 5.32 Å². The average molecular weight is 232 g/mol. The van der Waals surface area contributed by atoms with Crippen LogP contribution in [0.1, 0.15) is 16.1 Å². The van der Waals surface area contributed by atoms with Crippen LogP contribution in [-0.2, 0) is 4.74 Å². The Morgan fingerprint density at radius 2 is 2.24 bits per heavy atom. The Morgan fingerprint density at radius 1 is 1.41 bits per heavy atom. The fourth-order valence-corrected chi connectivity index (χ4v) is 1.73. The fraction of sp³-hybridized carbons (Fsp3) is 0.308. The molecular formula is C13H16N2O2. The van der Waals surface area contributed by atoms with Crippen molar-refractivity contribution in [1.29, 1.82) is 0 Å². The minimum Gasteiger partial charge on any atom is -0.383 e. The summed E-state index contributed by atoms with van der Waals surface area (Å²) in [4.78, 5) is 14.9. The normalized spacial score (nSPS) is 10.7. The van der Waals surface area contributed by atoms with E-state index in [1.807, 2.05) is 31.2 Å². The summed E-state index contributed by atoms with van der Waals surface area (Å²) in [5.41, 5.74) is 2.74. The van der Waals surface area contributed by atoms with Crippen molar-refractivity contribution in [1.82, 2.24) is 10.3 Å². The van der Waals surface area contributed by atoms with Crippen LogP contribution in [0.25, 0.3) is 10.9 Å². The SMILES string of the molecule is COCCNC(=O)c1cc2ccc(C)cc2[nH]1. The predicted molar refractivity (Wildman–Crippen MR) is 67.2 cm³/mol. The highest BCUT2D eigenvalue weighted by Gasteiger charge is 2.08. The molecule has 90 valence electrons. The summed E-state index contributed by atoms with van der Waals surface area (Å²) < 4.78 is 4.88. The van der Waals surface area contributed by atoms with Gasteiger partial charge >= 0.3 is 0 Å². The highest BCUT2D eigenvalue weighted by atomic mass is 16.5. The van der Waals surface area contributed by atoms with Crippen molar-refractivity contribution in [2.24, 2.45) is 0 Å². The second-order valence-electron chi connectivity index (χ2n) is 4.02. The van der Waals surface area contributed by atoms with Crippen LogP contribution in [0, 0.1) is 6.92 Å². The lowest BCUT2D eigenvalue weighted by molar-refractivity contribution is 0.0933. The lowest BCUT2D eigenvalue weighted by Crippen LogP contribution is -2.27. The van der Waals surface area contributed by atoms with Crippen LogP contribution in [0.3, 0.4) is 0 Å². The van der Waals surface area contributed by atoms with Crippen LogP contribution in [0.4, 0.5) is 0 Å². The highest BCUT2D eigenvalue weighted by molar-refractivity contribution is 5.98. The molecule has 2 aromatic rings. The third-order valence-corrected chi connectivity index (χ3v) is 2.61. The number of carbonyl (C=O) groups is 1. The maximum absolute atomic E-state index is 11.8. The molecule has 1 aromatic carbocycles. The van der Waals surface area contributed by atoms with E-state index in [2.05, 4.69) is 10.3 Å². The largest absolute Gasteiger partial charge is 0.383 e. The molecule has 4 heteroatoms. The van der Waals surface area contributed by atoms with Gasteiger partial charge in [0.05, 0.1) is 6.61 Å². The first kappa shape index (κ1) is 11.7. The van der Waals surface area contributed by atoms with E-state index in [-0.39, 0.29) is 5.91 Å². The standard InChI is InChI=1S/C13H16N2O2/c1-9-3-4-10-8-12(15-11(10)7-9)13(16)14-5-6-17-2/h3-4,7-8,15H,5-6H2,1-2H3,(H,14,16). The Bertz CT molecular complexity index is 531. The average Bonchev–Trinajstić information content (AvgIpc) is 2.72. The molecule has 0 fully saturated rings. The minimum atomic E-state index is -0.101. The van der Waals surface area contributed by atoms with Crippen molar-refractivity contribution in [2.45, 2.75) is 6.92 Å². The zero-order valence-electron chi connectivity index (χ0n) is 10.0. The van der Waals surface area contributed by atoms with Gasteiger partial charge < -0.3 is 15.0 Å². The number of carbonyl (C=O) groups excluding carboxylic acids is 1. The molecule has 0 saturated heterocycles. The van der Waals surface area contributed by atoms with E-state index in [9.17, 15) is 4.79 Å². The van der Waals surface area contributed by atoms with E-state index in [1.165, 1.54) is 5.56 Å². The van der Waals surface area contributed by atoms with Gasteiger partial charge in [-0.25, -0.2) is 0 Å². The molecule has 0 bridgehead atoms. The molecule has 0 spiro atoms. The van der Waals surface area contributed by atoms with Gasteiger partial charge in [-0.2, -0.15) is 0 Å². The number of benzene rings is 1. The molecule has 17 heavy (non-hydrogen) atoms. The number of fused-ring (bicyclic) bond motifs is 1. The molecule has 4 nitrogen and oxygen atoms in total. The molecule has 0 aliphatic heterocycles. The van der Waals surface area contributed by atoms with Crippen LogP contribution in [-0.4, -0.2) is 31.2 Å². The van der Waals surface area contributed by atoms with Gasteiger partial charge in [0.25, 0.3) is 5.91 Å². The Balaban J connectivity index is 2.15. The first-order valence-electron chi connectivity index (χ1n) is 5.57. The van der Waals surface area contributed by atoms with Gasteiger partial charge in [-0.15, -0.1) is 0 Å². The van der Waals surface area contributed by atoms with E-state index in [0.29, 0.717) is 18.8 Å².